The van der Waals surface area contributed by atoms with Gasteiger partial charge < -0.3 is 20.1 Å². The van der Waals surface area contributed by atoms with E-state index in [9.17, 15) is 13.2 Å². The molecular weight excluding hydrogens is 394 g/mol. The molecule has 1 aromatic carbocycles. The number of carbonyl (C=O) groups is 1. The highest BCUT2D eigenvalue weighted by molar-refractivity contribution is 7.89. The first-order valence-electron chi connectivity index (χ1n) is 8.92. The third-order valence-corrected chi connectivity index (χ3v) is 6.33. The van der Waals surface area contributed by atoms with Crippen LogP contribution < -0.4 is 15.4 Å². The van der Waals surface area contributed by atoms with Crippen molar-refractivity contribution in [1.82, 2.24) is 9.62 Å². The van der Waals surface area contributed by atoms with Gasteiger partial charge >= 0.3 is 0 Å². The molecule has 0 radical (unpaired) electrons. The number of ether oxygens (including phenoxy) is 2. The fourth-order valence-electron chi connectivity index (χ4n) is 3.09. The number of carbonyl (C=O) groups excluding carboxylic acids is 1. The Balaban J connectivity index is 0.00000261. The van der Waals surface area contributed by atoms with E-state index in [2.05, 4.69) is 10.6 Å². The van der Waals surface area contributed by atoms with Gasteiger partial charge in [0, 0.05) is 31.9 Å². The van der Waals surface area contributed by atoms with Crippen molar-refractivity contribution in [3.63, 3.8) is 0 Å². The maximum atomic E-state index is 13.0. The molecule has 0 saturated carbocycles. The van der Waals surface area contributed by atoms with E-state index in [0.29, 0.717) is 50.8 Å². The molecule has 2 aliphatic rings. The third kappa shape index (κ3) is 5.11. The fraction of sp³-hybridized carbons (Fsp3) is 0.588. The SMILES string of the molecule is CCOc1ccc(NC(=O)C2CNCCO2)cc1S(=O)(=O)N1CCCC1.Cl. The Hall–Kier alpha value is -1.39. The van der Waals surface area contributed by atoms with Gasteiger partial charge in [0.25, 0.3) is 5.91 Å². The summed E-state index contributed by atoms with van der Waals surface area (Å²) in [4.78, 5) is 12.4. The summed E-state index contributed by atoms with van der Waals surface area (Å²) in [5.74, 6) is -0.00105. The van der Waals surface area contributed by atoms with E-state index < -0.39 is 16.1 Å². The van der Waals surface area contributed by atoms with Crippen LogP contribution in [0.2, 0.25) is 0 Å². The van der Waals surface area contributed by atoms with Crippen LogP contribution in [-0.2, 0) is 19.6 Å². The van der Waals surface area contributed by atoms with Crippen LogP contribution in [0.3, 0.4) is 0 Å². The Morgan fingerprint density at radius 1 is 1.37 bits per heavy atom. The predicted octanol–water partition coefficient (Wildman–Crippen LogP) is 1.22. The average molecular weight is 420 g/mol. The molecule has 1 aromatic rings. The fourth-order valence-corrected chi connectivity index (χ4v) is 4.76. The molecule has 0 bridgehead atoms. The summed E-state index contributed by atoms with van der Waals surface area (Å²) in [6.45, 7) is 4.78. The first-order valence-corrected chi connectivity index (χ1v) is 10.4. The van der Waals surface area contributed by atoms with Crippen LogP contribution >= 0.6 is 12.4 Å². The zero-order valence-electron chi connectivity index (χ0n) is 15.3. The van der Waals surface area contributed by atoms with E-state index in [1.807, 2.05) is 0 Å². The van der Waals surface area contributed by atoms with E-state index in [-0.39, 0.29) is 23.2 Å². The molecule has 2 heterocycles. The average Bonchev–Trinajstić information content (AvgIpc) is 3.19. The van der Waals surface area contributed by atoms with Crippen molar-refractivity contribution < 1.29 is 22.7 Å². The number of rotatable bonds is 6. The van der Waals surface area contributed by atoms with E-state index in [0.717, 1.165) is 12.8 Å². The summed E-state index contributed by atoms with van der Waals surface area (Å²) >= 11 is 0. The monoisotopic (exact) mass is 419 g/mol. The standard InChI is InChI=1S/C17H25N3O5S.ClH/c1-2-24-14-6-5-13(19-17(21)15-12-18-7-10-25-15)11-16(14)26(22,23)20-8-3-4-9-20;/h5-6,11,15,18H,2-4,7-10,12H2,1H3,(H,19,21);1H. The molecule has 10 heteroatoms. The van der Waals surface area contributed by atoms with Gasteiger partial charge in [-0.25, -0.2) is 8.42 Å². The van der Waals surface area contributed by atoms with Crippen LogP contribution in [0.1, 0.15) is 19.8 Å². The van der Waals surface area contributed by atoms with Crippen molar-refractivity contribution >= 4 is 34.0 Å². The van der Waals surface area contributed by atoms with Gasteiger partial charge in [-0.05, 0) is 38.0 Å². The lowest BCUT2D eigenvalue weighted by molar-refractivity contribution is -0.128. The van der Waals surface area contributed by atoms with E-state index in [4.69, 9.17) is 9.47 Å². The number of nitrogens with zero attached hydrogens (tertiary/aromatic N) is 1. The number of nitrogens with one attached hydrogen (secondary N) is 2. The van der Waals surface area contributed by atoms with Gasteiger partial charge in [0.2, 0.25) is 10.0 Å². The van der Waals surface area contributed by atoms with Crippen molar-refractivity contribution in [3.8, 4) is 5.75 Å². The Labute approximate surface area is 166 Å². The number of hydrogen-bond acceptors (Lipinski definition) is 6. The molecule has 1 amide bonds. The molecule has 0 aliphatic carbocycles. The molecule has 2 N–H and O–H groups in total. The Morgan fingerprint density at radius 2 is 2.11 bits per heavy atom. The van der Waals surface area contributed by atoms with Gasteiger partial charge in [-0.15, -0.1) is 12.4 Å². The van der Waals surface area contributed by atoms with Crippen LogP contribution in [0.25, 0.3) is 0 Å². The lowest BCUT2D eigenvalue weighted by Crippen LogP contribution is -2.45. The van der Waals surface area contributed by atoms with Gasteiger partial charge in [0.05, 0.1) is 13.2 Å². The summed E-state index contributed by atoms with van der Waals surface area (Å²) in [6.07, 6.45) is 1.12. The van der Waals surface area contributed by atoms with Crippen LogP contribution in [0.4, 0.5) is 5.69 Å². The van der Waals surface area contributed by atoms with Crippen molar-refractivity contribution in [2.75, 3.05) is 44.7 Å². The molecule has 0 aromatic heterocycles. The maximum Gasteiger partial charge on any atom is 0.254 e. The van der Waals surface area contributed by atoms with Gasteiger partial charge in [-0.2, -0.15) is 4.31 Å². The zero-order valence-corrected chi connectivity index (χ0v) is 16.9. The number of halogens is 1. The third-order valence-electron chi connectivity index (χ3n) is 4.41. The van der Waals surface area contributed by atoms with Crippen LogP contribution in [0.5, 0.6) is 5.75 Å². The van der Waals surface area contributed by atoms with Gasteiger partial charge in [0.1, 0.15) is 16.7 Å². The lowest BCUT2D eigenvalue weighted by atomic mass is 10.2. The minimum absolute atomic E-state index is 0. The molecule has 1 unspecified atom stereocenters. The molecule has 2 saturated heterocycles. The highest BCUT2D eigenvalue weighted by atomic mass is 35.5. The molecular formula is C17H26ClN3O5S. The maximum absolute atomic E-state index is 13.0. The largest absolute Gasteiger partial charge is 0.492 e. The van der Waals surface area contributed by atoms with Crippen LogP contribution in [-0.4, -0.2) is 64.1 Å². The number of hydrogen-bond donors (Lipinski definition) is 2. The van der Waals surface area contributed by atoms with Gasteiger partial charge in [0.15, 0.2) is 0 Å². The van der Waals surface area contributed by atoms with E-state index >= 15 is 0 Å². The predicted molar refractivity (Wildman–Crippen MR) is 104 cm³/mol. The minimum atomic E-state index is -3.66. The summed E-state index contributed by atoms with van der Waals surface area (Å²) in [6, 6.07) is 4.69. The highest BCUT2D eigenvalue weighted by Crippen LogP contribution is 2.31. The van der Waals surface area contributed by atoms with Crippen molar-refractivity contribution in [3.05, 3.63) is 18.2 Å². The molecule has 1 atom stereocenters. The number of amides is 1. The first-order chi connectivity index (χ1) is 12.5. The summed E-state index contributed by atoms with van der Waals surface area (Å²) in [5.41, 5.74) is 0.408. The van der Waals surface area contributed by atoms with Crippen molar-refractivity contribution in [1.29, 1.82) is 0 Å². The lowest BCUT2D eigenvalue weighted by Gasteiger charge is -2.23. The number of sulfonamides is 1. The zero-order chi connectivity index (χ0) is 18.6. The number of benzene rings is 1. The molecule has 3 rings (SSSR count). The second kappa shape index (κ2) is 9.70. The second-order valence-corrected chi connectivity index (χ2v) is 8.16. The van der Waals surface area contributed by atoms with Gasteiger partial charge in [-0.1, -0.05) is 0 Å². The Morgan fingerprint density at radius 3 is 2.74 bits per heavy atom. The molecule has 152 valence electrons. The van der Waals surface area contributed by atoms with E-state index in [1.54, 1.807) is 19.1 Å². The smallest absolute Gasteiger partial charge is 0.254 e. The molecule has 8 nitrogen and oxygen atoms in total. The number of anilines is 1. The highest BCUT2D eigenvalue weighted by Gasteiger charge is 2.31. The first kappa shape index (κ1) is 21.9. The minimum Gasteiger partial charge on any atom is -0.492 e. The molecule has 2 fully saturated rings. The van der Waals surface area contributed by atoms with Gasteiger partial charge in [-0.3, -0.25) is 4.79 Å². The topological polar surface area (TPSA) is 97.0 Å². The Kier molecular flexibility index (Phi) is 7.87. The molecule has 0 spiro atoms. The number of morpholine rings is 1. The second-order valence-electron chi connectivity index (χ2n) is 6.26. The normalized spacial score (nSPS) is 20.7. The van der Waals surface area contributed by atoms with Crippen LogP contribution in [0, 0.1) is 0 Å². The summed E-state index contributed by atoms with van der Waals surface area (Å²) in [5, 5.41) is 5.83. The Bertz CT molecular complexity index is 747. The molecule has 27 heavy (non-hydrogen) atoms. The van der Waals surface area contributed by atoms with Crippen molar-refractivity contribution in [2.24, 2.45) is 0 Å². The quantitative estimate of drug-likeness (QED) is 0.719. The van der Waals surface area contributed by atoms with Crippen LogP contribution in [0.15, 0.2) is 23.1 Å². The van der Waals surface area contributed by atoms with E-state index in [1.165, 1.54) is 10.4 Å². The molecule has 2 aliphatic heterocycles. The summed E-state index contributed by atoms with van der Waals surface area (Å²) < 4.78 is 38.3. The summed E-state index contributed by atoms with van der Waals surface area (Å²) in [7, 11) is -3.66. The van der Waals surface area contributed by atoms with Crippen molar-refractivity contribution in [2.45, 2.75) is 30.8 Å².